The lowest BCUT2D eigenvalue weighted by molar-refractivity contribution is 0.0954. The van der Waals surface area contributed by atoms with E-state index < -0.39 is 0 Å². The summed E-state index contributed by atoms with van der Waals surface area (Å²) in [4.78, 5) is 32.7. The molecule has 0 radical (unpaired) electrons. The third kappa shape index (κ3) is 3.27. The van der Waals surface area contributed by atoms with Gasteiger partial charge in [-0.2, -0.15) is 5.10 Å². The van der Waals surface area contributed by atoms with Crippen molar-refractivity contribution in [3.8, 4) is 5.13 Å². The number of aryl methyl sites for hydroxylation is 1. The summed E-state index contributed by atoms with van der Waals surface area (Å²) < 4.78 is 2.88. The van der Waals surface area contributed by atoms with Gasteiger partial charge in [0.05, 0.1) is 5.69 Å². The average Bonchev–Trinajstić information content (AvgIpc) is 2.97. The van der Waals surface area contributed by atoms with Crippen LogP contribution in [0.25, 0.3) is 5.13 Å². The summed E-state index contributed by atoms with van der Waals surface area (Å²) in [6.45, 7) is 2.86. The summed E-state index contributed by atoms with van der Waals surface area (Å²) in [5, 5.41) is 7.49. The molecule has 0 bridgehead atoms. The van der Waals surface area contributed by atoms with E-state index in [0.717, 1.165) is 18.4 Å². The van der Waals surface area contributed by atoms with Crippen LogP contribution in [0.4, 0.5) is 0 Å². The largest absolute Gasteiger partial charge is 0.367 e. The van der Waals surface area contributed by atoms with Crippen LogP contribution in [0.15, 0.2) is 29.6 Å². The van der Waals surface area contributed by atoms with Crippen molar-refractivity contribution in [2.45, 2.75) is 32.9 Å². The minimum absolute atomic E-state index is 0.194. The highest BCUT2D eigenvalue weighted by Gasteiger charge is 2.24. The molecule has 3 heterocycles. The monoisotopic (exact) mass is 358 g/mol. The van der Waals surface area contributed by atoms with Crippen molar-refractivity contribution in [1.29, 1.82) is 0 Å². The van der Waals surface area contributed by atoms with Crippen molar-refractivity contribution in [2.24, 2.45) is 5.92 Å². The first-order chi connectivity index (χ1) is 12.1. The van der Waals surface area contributed by atoms with Gasteiger partial charge in [-0.25, -0.2) is 19.0 Å². The topological polar surface area (TPSA) is 97.6 Å². The number of H-pyrrole nitrogens is 1. The fraction of sp³-hybridized carbons (Fsp3) is 0.375. The Balaban J connectivity index is 1.52. The van der Waals surface area contributed by atoms with E-state index in [1.807, 2.05) is 18.5 Å². The van der Waals surface area contributed by atoms with Gasteiger partial charge in [-0.3, -0.25) is 4.79 Å². The van der Waals surface area contributed by atoms with Crippen LogP contribution in [0.2, 0.25) is 0 Å². The number of rotatable bonds is 6. The van der Waals surface area contributed by atoms with E-state index >= 15 is 0 Å². The molecular weight excluding hydrogens is 340 g/mol. The molecule has 4 rings (SSSR count). The normalized spacial score (nSPS) is 14.0. The van der Waals surface area contributed by atoms with Crippen LogP contribution < -0.4 is 11.0 Å². The maximum Gasteiger partial charge on any atom is 0.352 e. The lowest BCUT2D eigenvalue weighted by atomic mass is 10.3. The van der Waals surface area contributed by atoms with E-state index in [4.69, 9.17) is 0 Å². The zero-order valence-electron chi connectivity index (χ0n) is 13.7. The Morgan fingerprint density at radius 1 is 1.48 bits per heavy atom. The predicted molar refractivity (Wildman–Crippen MR) is 92.9 cm³/mol. The van der Waals surface area contributed by atoms with Crippen molar-refractivity contribution in [3.05, 3.63) is 51.4 Å². The summed E-state index contributed by atoms with van der Waals surface area (Å²) in [6.07, 6.45) is 7.43. The van der Waals surface area contributed by atoms with Gasteiger partial charge in [-0.05, 0) is 37.3 Å². The van der Waals surface area contributed by atoms with Gasteiger partial charge < -0.3 is 10.3 Å². The summed E-state index contributed by atoms with van der Waals surface area (Å²) in [6, 6.07) is 1.90. The molecule has 3 aromatic heterocycles. The van der Waals surface area contributed by atoms with Crippen LogP contribution in [0, 0.1) is 12.8 Å². The van der Waals surface area contributed by atoms with Crippen molar-refractivity contribution in [1.82, 2.24) is 29.6 Å². The zero-order valence-corrected chi connectivity index (χ0v) is 14.5. The maximum absolute atomic E-state index is 12.4. The van der Waals surface area contributed by atoms with E-state index in [1.54, 1.807) is 6.92 Å². The maximum atomic E-state index is 12.4. The van der Waals surface area contributed by atoms with Crippen molar-refractivity contribution in [3.63, 3.8) is 0 Å². The number of nitrogens with one attached hydrogen (secondary N) is 2. The quantitative estimate of drug-likeness (QED) is 0.697. The van der Waals surface area contributed by atoms with Crippen LogP contribution >= 0.6 is 11.3 Å². The molecule has 25 heavy (non-hydrogen) atoms. The Bertz CT molecular complexity index is 948. The molecule has 9 heteroatoms. The lowest BCUT2D eigenvalue weighted by Gasteiger charge is -2.01. The Morgan fingerprint density at radius 2 is 2.32 bits per heavy atom. The van der Waals surface area contributed by atoms with Gasteiger partial charge in [0.2, 0.25) is 0 Å². The number of carbonyl (C=O) groups is 1. The predicted octanol–water partition coefficient (Wildman–Crippen LogP) is 1.47. The number of hydrogen-bond acceptors (Lipinski definition) is 5. The zero-order chi connectivity index (χ0) is 17.4. The third-order valence-corrected chi connectivity index (χ3v) is 5.33. The minimum Gasteiger partial charge on any atom is -0.367 e. The molecule has 1 saturated carbocycles. The summed E-state index contributed by atoms with van der Waals surface area (Å²) in [5.41, 5.74) is 1.39. The van der Waals surface area contributed by atoms with Crippen molar-refractivity contribution >= 4 is 17.2 Å². The van der Waals surface area contributed by atoms with Gasteiger partial charge in [0.1, 0.15) is 11.2 Å². The molecule has 0 aliphatic heterocycles. The number of thiazole rings is 1. The highest BCUT2D eigenvalue weighted by molar-refractivity contribution is 7.16. The first kappa shape index (κ1) is 15.8. The van der Waals surface area contributed by atoms with Crippen LogP contribution in [-0.2, 0) is 13.1 Å². The number of aromatic amines is 1. The molecule has 8 nitrogen and oxygen atoms in total. The number of nitrogens with zero attached hydrogens (tertiary/aromatic N) is 4. The SMILES string of the molecule is Cc1nc(-n2cnn(CC3CC3)c2=O)sc1C(=O)NCc1cc[nH]c1. The molecule has 0 spiro atoms. The smallest absolute Gasteiger partial charge is 0.352 e. The van der Waals surface area contributed by atoms with Gasteiger partial charge >= 0.3 is 5.69 Å². The summed E-state index contributed by atoms with van der Waals surface area (Å²) in [5.74, 6) is 0.370. The minimum atomic E-state index is -0.208. The van der Waals surface area contributed by atoms with Gasteiger partial charge in [0.25, 0.3) is 5.91 Å². The second kappa shape index (κ2) is 6.32. The molecule has 0 unspecified atom stereocenters. The fourth-order valence-electron chi connectivity index (χ4n) is 2.57. The number of hydrogen-bond donors (Lipinski definition) is 2. The average molecular weight is 358 g/mol. The standard InChI is InChI=1S/C16H18N6O2S/c1-10-13(14(23)18-7-12-4-5-17-6-12)25-15(20-10)21-9-19-22(16(21)24)8-11-2-3-11/h4-6,9,11,17H,2-3,7-8H2,1H3,(H,18,23). The number of aromatic nitrogens is 5. The molecule has 2 N–H and O–H groups in total. The van der Waals surface area contributed by atoms with Gasteiger partial charge in [-0.15, -0.1) is 0 Å². The lowest BCUT2D eigenvalue weighted by Crippen LogP contribution is -2.24. The van der Waals surface area contributed by atoms with E-state index in [-0.39, 0.29) is 11.6 Å². The second-order valence-electron chi connectivity index (χ2n) is 6.22. The summed E-state index contributed by atoms with van der Waals surface area (Å²) >= 11 is 1.20. The summed E-state index contributed by atoms with van der Waals surface area (Å²) in [7, 11) is 0. The molecule has 1 aliphatic carbocycles. The van der Waals surface area contributed by atoms with E-state index in [1.165, 1.54) is 26.9 Å². The highest BCUT2D eigenvalue weighted by Crippen LogP contribution is 2.29. The molecule has 0 atom stereocenters. The Kier molecular flexibility index (Phi) is 4.00. The molecule has 0 saturated heterocycles. The Hall–Kier alpha value is -2.68. The Labute approximate surface area is 147 Å². The van der Waals surface area contributed by atoms with E-state index in [0.29, 0.717) is 34.7 Å². The number of amides is 1. The van der Waals surface area contributed by atoms with Crippen LogP contribution in [0.1, 0.15) is 33.8 Å². The third-order valence-electron chi connectivity index (χ3n) is 4.17. The molecule has 3 aromatic rings. The molecule has 130 valence electrons. The van der Waals surface area contributed by atoms with Gasteiger partial charge in [0.15, 0.2) is 5.13 Å². The van der Waals surface area contributed by atoms with Crippen LogP contribution in [-0.4, -0.2) is 30.2 Å². The first-order valence-corrected chi connectivity index (χ1v) is 8.95. The van der Waals surface area contributed by atoms with Crippen LogP contribution in [0.3, 0.4) is 0 Å². The van der Waals surface area contributed by atoms with Crippen molar-refractivity contribution in [2.75, 3.05) is 0 Å². The van der Waals surface area contributed by atoms with Crippen LogP contribution in [0.5, 0.6) is 0 Å². The molecular formula is C16H18N6O2S. The molecule has 1 aliphatic rings. The Morgan fingerprint density at radius 3 is 3.04 bits per heavy atom. The fourth-order valence-corrected chi connectivity index (χ4v) is 3.51. The van der Waals surface area contributed by atoms with E-state index in [2.05, 4.69) is 20.4 Å². The molecule has 1 fully saturated rings. The second-order valence-corrected chi connectivity index (χ2v) is 7.20. The first-order valence-electron chi connectivity index (χ1n) is 8.14. The van der Waals surface area contributed by atoms with Gasteiger partial charge in [0, 0.05) is 25.5 Å². The molecule has 0 aromatic carbocycles. The van der Waals surface area contributed by atoms with Crippen molar-refractivity contribution < 1.29 is 4.79 Å². The number of carbonyl (C=O) groups excluding carboxylic acids is 1. The highest BCUT2D eigenvalue weighted by atomic mass is 32.1. The molecule has 1 amide bonds. The van der Waals surface area contributed by atoms with E-state index in [9.17, 15) is 9.59 Å². The van der Waals surface area contributed by atoms with Gasteiger partial charge in [-0.1, -0.05) is 11.3 Å².